The van der Waals surface area contributed by atoms with Crippen LogP contribution < -0.4 is 9.62 Å². The summed E-state index contributed by atoms with van der Waals surface area (Å²) in [5.41, 5.74) is 0.423. The van der Waals surface area contributed by atoms with E-state index < -0.39 is 27.3 Å². The second kappa shape index (κ2) is 6.33. The Balaban J connectivity index is 2.15. The summed E-state index contributed by atoms with van der Waals surface area (Å²) in [5, 5.41) is 1.24. The van der Waals surface area contributed by atoms with E-state index in [4.69, 9.17) is 0 Å². The van der Waals surface area contributed by atoms with Crippen LogP contribution in [0.1, 0.15) is 0 Å². The molecular formula is C18H16F2N2O2S. The van der Waals surface area contributed by atoms with Crippen LogP contribution in [0.25, 0.3) is 10.8 Å². The fourth-order valence-corrected chi connectivity index (χ4v) is 3.95. The number of fused-ring (bicyclic) bond motifs is 1. The predicted octanol–water partition coefficient (Wildman–Crippen LogP) is 3.98. The number of halogens is 2. The van der Waals surface area contributed by atoms with Gasteiger partial charge in [0.15, 0.2) is 0 Å². The number of hydrogen-bond donors (Lipinski definition) is 1. The van der Waals surface area contributed by atoms with Gasteiger partial charge in [-0.05, 0) is 24.3 Å². The average Bonchev–Trinajstić information content (AvgIpc) is 2.56. The van der Waals surface area contributed by atoms with Gasteiger partial charge in [-0.1, -0.05) is 24.3 Å². The lowest BCUT2D eigenvalue weighted by Crippen LogP contribution is -2.15. The Hall–Kier alpha value is -2.67. The average molecular weight is 362 g/mol. The topological polar surface area (TPSA) is 49.4 Å². The third-order valence-electron chi connectivity index (χ3n) is 3.80. The molecule has 0 spiro atoms. The van der Waals surface area contributed by atoms with E-state index in [1.807, 2.05) is 31.1 Å². The van der Waals surface area contributed by atoms with Gasteiger partial charge < -0.3 is 4.90 Å². The Kier molecular flexibility index (Phi) is 4.34. The SMILES string of the molecule is CN(C)c1cccc2c(S(=O)(=O)Nc3cc(F)ccc3F)cccc12. The standard InChI is InChI=1S/C18H16F2N2O2S/c1-22(2)17-7-3-6-14-13(17)5-4-8-18(14)25(23,24)21-16-11-12(19)9-10-15(16)20/h3-11,21H,1-2H3. The summed E-state index contributed by atoms with van der Waals surface area (Å²) in [7, 11) is -0.382. The van der Waals surface area contributed by atoms with Gasteiger partial charge in [0.05, 0.1) is 10.6 Å². The van der Waals surface area contributed by atoms with Crippen LogP contribution in [-0.2, 0) is 10.0 Å². The molecule has 0 amide bonds. The maximum absolute atomic E-state index is 13.8. The maximum Gasteiger partial charge on any atom is 0.262 e. The normalized spacial score (nSPS) is 11.5. The molecule has 0 fully saturated rings. The van der Waals surface area contributed by atoms with Crippen molar-refractivity contribution < 1.29 is 17.2 Å². The number of benzene rings is 3. The van der Waals surface area contributed by atoms with Crippen molar-refractivity contribution in [3.8, 4) is 0 Å². The molecule has 3 rings (SSSR count). The monoisotopic (exact) mass is 362 g/mol. The van der Waals surface area contributed by atoms with Crippen LogP contribution in [0.15, 0.2) is 59.5 Å². The molecule has 0 aliphatic rings. The van der Waals surface area contributed by atoms with Crippen molar-refractivity contribution in [2.45, 2.75) is 4.90 Å². The number of anilines is 2. The number of hydrogen-bond acceptors (Lipinski definition) is 3. The highest BCUT2D eigenvalue weighted by atomic mass is 32.2. The first-order valence-corrected chi connectivity index (χ1v) is 8.95. The van der Waals surface area contributed by atoms with Crippen LogP contribution in [0.2, 0.25) is 0 Å². The first kappa shape index (κ1) is 17.2. The van der Waals surface area contributed by atoms with Gasteiger partial charge in [-0.25, -0.2) is 17.2 Å². The molecule has 0 heterocycles. The molecule has 4 nitrogen and oxygen atoms in total. The van der Waals surface area contributed by atoms with E-state index in [-0.39, 0.29) is 4.90 Å². The van der Waals surface area contributed by atoms with Crippen molar-refractivity contribution in [3.05, 3.63) is 66.2 Å². The van der Waals surface area contributed by atoms with Gasteiger partial charge in [-0.15, -0.1) is 0 Å². The molecule has 0 unspecified atom stereocenters. The molecule has 130 valence electrons. The predicted molar refractivity (Wildman–Crippen MR) is 95.4 cm³/mol. The molecular weight excluding hydrogens is 346 g/mol. The van der Waals surface area contributed by atoms with Gasteiger partial charge >= 0.3 is 0 Å². The van der Waals surface area contributed by atoms with Crippen LogP contribution >= 0.6 is 0 Å². The molecule has 0 saturated carbocycles. The van der Waals surface area contributed by atoms with Crippen LogP contribution in [-0.4, -0.2) is 22.5 Å². The molecule has 0 aliphatic heterocycles. The lowest BCUT2D eigenvalue weighted by atomic mass is 10.1. The maximum atomic E-state index is 13.8. The Morgan fingerprint density at radius 1 is 0.920 bits per heavy atom. The van der Waals surface area contributed by atoms with Gasteiger partial charge in [-0.3, -0.25) is 4.72 Å². The highest BCUT2D eigenvalue weighted by Crippen LogP contribution is 2.31. The Labute approximate surface area is 144 Å². The van der Waals surface area contributed by atoms with E-state index in [0.717, 1.165) is 29.3 Å². The lowest BCUT2D eigenvalue weighted by molar-refractivity contribution is 0.595. The van der Waals surface area contributed by atoms with Crippen LogP contribution in [0.3, 0.4) is 0 Å². The summed E-state index contributed by atoms with van der Waals surface area (Å²) in [4.78, 5) is 1.87. The highest BCUT2D eigenvalue weighted by molar-refractivity contribution is 7.93. The van der Waals surface area contributed by atoms with Crippen molar-refractivity contribution in [1.82, 2.24) is 0 Å². The number of rotatable bonds is 4. The van der Waals surface area contributed by atoms with Crippen LogP contribution in [0.5, 0.6) is 0 Å². The number of sulfonamides is 1. The van der Waals surface area contributed by atoms with E-state index in [1.165, 1.54) is 6.07 Å². The fourth-order valence-electron chi connectivity index (χ4n) is 2.66. The minimum Gasteiger partial charge on any atom is -0.377 e. The largest absolute Gasteiger partial charge is 0.377 e. The smallest absolute Gasteiger partial charge is 0.262 e. The van der Waals surface area contributed by atoms with Crippen LogP contribution in [0, 0.1) is 11.6 Å². The molecule has 0 aromatic heterocycles. The Morgan fingerprint density at radius 3 is 2.32 bits per heavy atom. The number of nitrogens with zero attached hydrogens (tertiary/aromatic N) is 1. The molecule has 3 aromatic rings. The molecule has 0 aliphatic carbocycles. The van der Waals surface area contributed by atoms with Crippen molar-refractivity contribution in [2.24, 2.45) is 0 Å². The third kappa shape index (κ3) is 3.28. The van der Waals surface area contributed by atoms with E-state index >= 15 is 0 Å². The van der Waals surface area contributed by atoms with E-state index in [2.05, 4.69) is 4.72 Å². The van der Waals surface area contributed by atoms with E-state index in [9.17, 15) is 17.2 Å². The summed E-state index contributed by atoms with van der Waals surface area (Å²) < 4.78 is 54.7. The van der Waals surface area contributed by atoms with Crippen molar-refractivity contribution >= 4 is 32.2 Å². The summed E-state index contributed by atoms with van der Waals surface area (Å²) >= 11 is 0. The molecule has 3 aromatic carbocycles. The Morgan fingerprint density at radius 2 is 1.60 bits per heavy atom. The van der Waals surface area contributed by atoms with E-state index in [0.29, 0.717) is 5.39 Å². The fraction of sp³-hybridized carbons (Fsp3) is 0.111. The van der Waals surface area contributed by atoms with Crippen LogP contribution in [0.4, 0.5) is 20.2 Å². The first-order valence-electron chi connectivity index (χ1n) is 7.46. The Bertz CT molecular complexity index is 1050. The second-order valence-electron chi connectivity index (χ2n) is 5.75. The molecule has 7 heteroatoms. The van der Waals surface area contributed by atoms with Crippen molar-refractivity contribution in [1.29, 1.82) is 0 Å². The second-order valence-corrected chi connectivity index (χ2v) is 7.40. The van der Waals surface area contributed by atoms with E-state index in [1.54, 1.807) is 18.2 Å². The summed E-state index contributed by atoms with van der Waals surface area (Å²) in [6.45, 7) is 0. The molecule has 0 atom stereocenters. The molecule has 0 bridgehead atoms. The van der Waals surface area contributed by atoms with Crippen molar-refractivity contribution in [3.63, 3.8) is 0 Å². The zero-order chi connectivity index (χ0) is 18.2. The van der Waals surface area contributed by atoms with Gasteiger partial charge in [0.25, 0.3) is 10.0 Å². The van der Waals surface area contributed by atoms with Gasteiger partial charge in [-0.2, -0.15) is 0 Å². The molecule has 1 N–H and O–H groups in total. The zero-order valence-corrected chi connectivity index (χ0v) is 14.4. The third-order valence-corrected chi connectivity index (χ3v) is 5.23. The van der Waals surface area contributed by atoms with Gasteiger partial charge in [0, 0.05) is 36.6 Å². The van der Waals surface area contributed by atoms with Gasteiger partial charge in [0.2, 0.25) is 0 Å². The zero-order valence-electron chi connectivity index (χ0n) is 13.6. The first-order chi connectivity index (χ1) is 11.8. The summed E-state index contributed by atoms with van der Waals surface area (Å²) in [6.07, 6.45) is 0. The van der Waals surface area contributed by atoms with Gasteiger partial charge in [0.1, 0.15) is 11.6 Å². The minimum atomic E-state index is -4.10. The molecule has 25 heavy (non-hydrogen) atoms. The highest BCUT2D eigenvalue weighted by Gasteiger charge is 2.20. The minimum absolute atomic E-state index is 0.00244. The summed E-state index contributed by atoms with van der Waals surface area (Å²) in [6, 6.07) is 12.8. The number of nitrogens with one attached hydrogen (secondary N) is 1. The lowest BCUT2D eigenvalue weighted by Gasteiger charge is -2.17. The quantitative estimate of drug-likeness (QED) is 0.764. The molecule has 0 saturated heterocycles. The molecule has 0 radical (unpaired) electrons. The van der Waals surface area contributed by atoms with Crippen molar-refractivity contribution in [2.75, 3.05) is 23.7 Å². The summed E-state index contributed by atoms with van der Waals surface area (Å²) in [5.74, 6) is -1.58.